The Morgan fingerprint density at radius 2 is 2.11 bits per heavy atom. The van der Waals surface area contributed by atoms with Gasteiger partial charge in [0.1, 0.15) is 18.0 Å². The van der Waals surface area contributed by atoms with Crippen molar-refractivity contribution in [1.29, 1.82) is 0 Å². The van der Waals surface area contributed by atoms with Crippen LogP contribution in [0.4, 0.5) is 10.2 Å². The predicted octanol–water partition coefficient (Wildman–Crippen LogP) is 3.10. The number of nitrogens with zero attached hydrogens (tertiary/aromatic N) is 3. The van der Waals surface area contributed by atoms with Gasteiger partial charge < -0.3 is 5.73 Å². The van der Waals surface area contributed by atoms with E-state index in [-0.39, 0.29) is 5.82 Å². The number of aromatic nitrogens is 3. The molecular formula is C13H10ClFN4. The Balaban J connectivity index is 2.31. The van der Waals surface area contributed by atoms with Gasteiger partial charge in [-0.1, -0.05) is 11.6 Å². The second-order valence-electron chi connectivity index (χ2n) is 4.24. The number of anilines is 1. The van der Waals surface area contributed by atoms with Crippen LogP contribution < -0.4 is 5.73 Å². The molecule has 0 fully saturated rings. The van der Waals surface area contributed by atoms with Gasteiger partial charge in [0.05, 0.1) is 10.4 Å². The third-order valence-electron chi connectivity index (χ3n) is 2.99. The predicted molar refractivity (Wildman–Crippen MR) is 73.0 cm³/mol. The first-order valence-corrected chi connectivity index (χ1v) is 5.99. The fraction of sp³-hybridized carbons (Fsp3) is 0.0769. The van der Waals surface area contributed by atoms with Crippen LogP contribution in [-0.4, -0.2) is 14.5 Å². The molecule has 0 saturated heterocycles. The van der Waals surface area contributed by atoms with Gasteiger partial charge in [0, 0.05) is 11.9 Å². The lowest BCUT2D eigenvalue weighted by atomic mass is 10.2. The van der Waals surface area contributed by atoms with E-state index in [2.05, 4.69) is 9.97 Å². The number of hydrogen-bond donors (Lipinski definition) is 1. The maximum atomic E-state index is 13.3. The van der Waals surface area contributed by atoms with Crippen LogP contribution in [0.2, 0.25) is 5.02 Å². The van der Waals surface area contributed by atoms with E-state index in [0.29, 0.717) is 27.4 Å². The maximum Gasteiger partial charge on any atom is 0.151 e. The molecule has 1 aromatic carbocycles. The van der Waals surface area contributed by atoms with Crippen LogP contribution in [-0.2, 0) is 0 Å². The molecule has 0 bridgehead atoms. The molecule has 0 aliphatic carbocycles. The van der Waals surface area contributed by atoms with E-state index in [1.54, 1.807) is 29.8 Å². The molecule has 6 heteroatoms. The van der Waals surface area contributed by atoms with Gasteiger partial charge in [-0.05, 0) is 30.7 Å². The standard InChI is InChI=1S/C13H10ClFN4/c1-7-4-8(2-3-10(7)15)19-5-9(14)11-12(16)17-6-18-13(11)19/h2-6H,1H3,(H2,16,17,18). The van der Waals surface area contributed by atoms with Crippen LogP contribution in [0.1, 0.15) is 5.56 Å². The van der Waals surface area contributed by atoms with Crippen molar-refractivity contribution in [3.63, 3.8) is 0 Å². The lowest BCUT2D eigenvalue weighted by molar-refractivity contribution is 0.618. The molecule has 0 atom stereocenters. The van der Waals surface area contributed by atoms with E-state index in [9.17, 15) is 4.39 Å². The summed E-state index contributed by atoms with van der Waals surface area (Å²) in [6.45, 7) is 1.70. The SMILES string of the molecule is Cc1cc(-n2cc(Cl)c3c(N)ncnc32)ccc1F. The van der Waals surface area contributed by atoms with Crippen LogP contribution >= 0.6 is 11.6 Å². The summed E-state index contributed by atoms with van der Waals surface area (Å²) >= 11 is 6.15. The van der Waals surface area contributed by atoms with Crippen molar-refractivity contribution >= 4 is 28.5 Å². The number of rotatable bonds is 1. The van der Waals surface area contributed by atoms with Crippen LogP contribution in [0.15, 0.2) is 30.7 Å². The van der Waals surface area contributed by atoms with Gasteiger partial charge in [-0.2, -0.15) is 0 Å². The van der Waals surface area contributed by atoms with Gasteiger partial charge in [0.15, 0.2) is 5.65 Å². The molecule has 2 N–H and O–H groups in total. The van der Waals surface area contributed by atoms with Gasteiger partial charge in [-0.15, -0.1) is 0 Å². The third-order valence-corrected chi connectivity index (χ3v) is 3.27. The molecule has 0 saturated carbocycles. The maximum absolute atomic E-state index is 13.3. The number of fused-ring (bicyclic) bond motifs is 1. The van der Waals surface area contributed by atoms with Gasteiger partial charge in [0.25, 0.3) is 0 Å². The average molecular weight is 277 g/mol. The zero-order chi connectivity index (χ0) is 13.6. The molecule has 0 spiro atoms. The van der Waals surface area contributed by atoms with E-state index in [0.717, 1.165) is 5.69 Å². The van der Waals surface area contributed by atoms with Gasteiger partial charge in [0.2, 0.25) is 0 Å². The van der Waals surface area contributed by atoms with Gasteiger partial charge >= 0.3 is 0 Å². The summed E-state index contributed by atoms with van der Waals surface area (Å²) in [6, 6.07) is 4.80. The van der Waals surface area contributed by atoms with Crippen LogP contribution in [0.25, 0.3) is 16.7 Å². The molecule has 96 valence electrons. The summed E-state index contributed by atoms with van der Waals surface area (Å²) in [7, 11) is 0. The molecule has 3 aromatic rings. The molecule has 19 heavy (non-hydrogen) atoms. The summed E-state index contributed by atoms with van der Waals surface area (Å²) in [5.41, 5.74) is 7.72. The smallest absolute Gasteiger partial charge is 0.151 e. The van der Waals surface area contributed by atoms with Gasteiger partial charge in [-0.3, -0.25) is 4.57 Å². The van der Waals surface area contributed by atoms with Crippen molar-refractivity contribution in [2.45, 2.75) is 6.92 Å². The lowest BCUT2D eigenvalue weighted by Crippen LogP contribution is -1.97. The first-order valence-electron chi connectivity index (χ1n) is 5.61. The number of aryl methyl sites for hydroxylation is 1. The molecule has 2 aromatic heterocycles. The number of benzene rings is 1. The lowest BCUT2D eigenvalue weighted by Gasteiger charge is -2.06. The van der Waals surface area contributed by atoms with Crippen molar-refractivity contribution in [3.8, 4) is 5.69 Å². The van der Waals surface area contributed by atoms with Crippen LogP contribution in [0.3, 0.4) is 0 Å². The summed E-state index contributed by atoms with van der Waals surface area (Å²) < 4.78 is 15.1. The largest absolute Gasteiger partial charge is 0.383 e. The minimum absolute atomic E-state index is 0.250. The average Bonchev–Trinajstić information content (AvgIpc) is 2.72. The van der Waals surface area contributed by atoms with E-state index in [1.165, 1.54) is 12.4 Å². The molecule has 0 aliphatic heterocycles. The van der Waals surface area contributed by atoms with Gasteiger partial charge in [-0.25, -0.2) is 14.4 Å². The Kier molecular flexibility index (Phi) is 2.64. The Labute approximate surface area is 113 Å². The highest BCUT2D eigenvalue weighted by Gasteiger charge is 2.13. The van der Waals surface area contributed by atoms with Crippen molar-refractivity contribution in [1.82, 2.24) is 14.5 Å². The highest BCUT2D eigenvalue weighted by Crippen LogP contribution is 2.30. The molecular weight excluding hydrogens is 267 g/mol. The summed E-state index contributed by atoms with van der Waals surface area (Å²) in [6.07, 6.45) is 3.07. The van der Waals surface area contributed by atoms with Crippen molar-refractivity contribution in [3.05, 3.63) is 47.1 Å². The Morgan fingerprint density at radius 3 is 2.84 bits per heavy atom. The van der Waals surface area contributed by atoms with Crippen LogP contribution in [0, 0.1) is 12.7 Å². The molecule has 2 heterocycles. The number of nitrogen functional groups attached to an aromatic ring is 1. The minimum atomic E-state index is -0.250. The van der Waals surface area contributed by atoms with Crippen molar-refractivity contribution in [2.75, 3.05) is 5.73 Å². The minimum Gasteiger partial charge on any atom is -0.383 e. The zero-order valence-electron chi connectivity index (χ0n) is 10.1. The Morgan fingerprint density at radius 1 is 1.32 bits per heavy atom. The number of hydrogen-bond acceptors (Lipinski definition) is 3. The first-order chi connectivity index (χ1) is 9.08. The monoisotopic (exact) mass is 276 g/mol. The Hall–Kier alpha value is -2.14. The fourth-order valence-electron chi connectivity index (χ4n) is 2.02. The molecule has 3 rings (SSSR count). The summed E-state index contributed by atoms with van der Waals surface area (Å²) in [5.74, 6) is 0.0769. The quantitative estimate of drug-likeness (QED) is 0.743. The second-order valence-corrected chi connectivity index (χ2v) is 4.65. The van der Waals surface area contributed by atoms with E-state index in [1.807, 2.05) is 0 Å². The molecule has 0 aliphatic rings. The van der Waals surface area contributed by atoms with Crippen molar-refractivity contribution < 1.29 is 4.39 Å². The molecule has 0 unspecified atom stereocenters. The topological polar surface area (TPSA) is 56.7 Å². The first kappa shape index (κ1) is 11.9. The van der Waals surface area contributed by atoms with Crippen LogP contribution in [0.5, 0.6) is 0 Å². The molecule has 4 nitrogen and oxygen atoms in total. The Bertz CT molecular complexity index is 782. The second kappa shape index (κ2) is 4.20. The summed E-state index contributed by atoms with van der Waals surface area (Å²) in [5, 5.41) is 1.07. The highest BCUT2D eigenvalue weighted by atomic mass is 35.5. The third kappa shape index (κ3) is 1.82. The molecule has 0 radical (unpaired) electrons. The molecule has 0 amide bonds. The zero-order valence-corrected chi connectivity index (χ0v) is 10.8. The normalized spacial score (nSPS) is 11.1. The van der Waals surface area contributed by atoms with E-state index < -0.39 is 0 Å². The highest BCUT2D eigenvalue weighted by molar-refractivity contribution is 6.36. The van der Waals surface area contributed by atoms with E-state index in [4.69, 9.17) is 17.3 Å². The fourth-order valence-corrected chi connectivity index (χ4v) is 2.29. The summed E-state index contributed by atoms with van der Waals surface area (Å²) in [4.78, 5) is 8.10. The van der Waals surface area contributed by atoms with E-state index >= 15 is 0 Å². The number of halogens is 2. The number of nitrogens with two attached hydrogens (primary N) is 1. The van der Waals surface area contributed by atoms with Crippen molar-refractivity contribution in [2.24, 2.45) is 0 Å².